The maximum Gasteiger partial charge on any atom is 0.255 e. The van der Waals surface area contributed by atoms with E-state index in [1.54, 1.807) is 17.0 Å². The van der Waals surface area contributed by atoms with Crippen molar-refractivity contribution in [2.24, 2.45) is 5.84 Å². The molecule has 1 aromatic carbocycles. The molecule has 0 radical (unpaired) electrons. The van der Waals surface area contributed by atoms with E-state index in [2.05, 4.69) is 8.75 Å². The molecule has 0 fully saturated rings. The number of rotatable bonds is 2. The number of sulfonamides is 1. The second-order valence-electron chi connectivity index (χ2n) is 2.51. The topological polar surface area (TPSA) is 98.0 Å². The number of nitrogens with two attached hydrogens (primary N) is 1. The van der Waals surface area contributed by atoms with Crippen molar-refractivity contribution >= 4 is 32.8 Å². The smallest absolute Gasteiger partial charge is 0.255 e. The molecule has 8 heteroatoms. The highest BCUT2D eigenvalue weighted by molar-refractivity contribution is 7.89. The average Bonchev–Trinajstić information content (AvgIpc) is 2.64. The fourth-order valence-electron chi connectivity index (χ4n) is 1.06. The summed E-state index contributed by atoms with van der Waals surface area (Å²) in [5, 5.41) is 0. The molecule has 0 saturated carbocycles. The summed E-state index contributed by atoms with van der Waals surface area (Å²) in [6, 6.07) is 4.71. The van der Waals surface area contributed by atoms with Crippen molar-refractivity contribution in [3.63, 3.8) is 0 Å². The Kier molecular flexibility index (Phi) is 2.19. The molecule has 0 saturated heterocycles. The zero-order valence-corrected chi connectivity index (χ0v) is 8.47. The minimum absolute atomic E-state index is 0.0475. The van der Waals surface area contributed by atoms with Gasteiger partial charge in [0, 0.05) is 0 Å². The SMILES string of the molecule is NNS(=O)(=O)c1cccc2nsnc12. The zero-order valence-electron chi connectivity index (χ0n) is 6.84. The van der Waals surface area contributed by atoms with Crippen molar-refractivity contribution in [3.8, 4) is 0 Å². The number of hydrazine groups is 1. The first-order valence-corrected chi connectivity index (χ1v) is 5.80. The number of nitrogens with zero attached hydrogens (tertiary/aromatic N) is 2. The van der Waals surface area contributed by atoms with E-state index in [0.29, 0.717) is 11.0 Å². The number of nitrogens with one attached hydrogen (secondary N) is 1. The van der Waals surface area contributed by atoms with Crippen molar-refractivity contribution in [1.82, 2.24) is 13.6 Å². The Balaban J connectivity index is 2.81. The maximum atomic E-state index is 11.4. The third kappa shape index (κ3) is 1.38. The van der Waals surface area contributed by atoms with E-state index in [-0.39, 0.29) is 4.90 Å². The van der Waals surface area contributed by atoms with Gasteiger partial charge >= 0.3 is 0 Å². The zero-order chi connectivity index (χ0) is 10.2. The van der Waals surface area contributed by atoms with Crippen LogP contribution in [0.15, 0.2) is 23.1 Å². The molecule has 74 valence electrons. The average molecular weight is 230 g/mol. The van der Waals surface area contributed by atoms with Crippen LogP contribution in [0.25, 0.3) is 11.0 Å². The van der Waals surface area contributed by atoms with Crippen LogP contribution in [0.4, 0.5) is 0 Å². The minimum atomic E-state index is -3.66. The van der Waals surface area contributed by atoms with E-state index in [1.165, 1.54) is 6.07 Å². The summed E-state index contributed by atoms with van der Waals surface area (Å²) in [4.78, 5) is 1.80. The monoisotopic (exact) mass is 230 g/mol. The molecule has 0 amide bonds. The van der Waals surface area contributed by atoms with Crippen LogP contribution in [0, 0.1) is 0 Å². The number of aromatic nitrogens is 2. The Labute approximate surface area is 84.1 Å². The molecular formula is C6H6N4O2S2. The lowest BCUT2D eigenvalue weighted by Gasteiger charge is -2.01. The fourth-order valence-corrected chi connectivity index (χ4v) is 2.46. The van der Waals surface area contributed by atoms with Crippen molar-refractivity contribution in [1.29, 1.82) is 0 Å². The first-order valence-electron chi connectivity index (χ1n) is 3.59. The molecule has 0 aliphatic rings. The van der Waals surface area contributed by atoms with Gasteiger partial charge in [-0.05, 0) is 12.1 Å². The second kappa shape index (κ2) is 3.24. The molecule has 0 unspecified atom stereocenters. The quantitative estimate of drug-likeness (QED) is 0.552. The van der Waals surface area contributed by atoms with Gasteiger partial charge in [-0.25, -0.2) is 8.42 Å². The predicted octanol–water partition coefficient (Wildman–Crippen LogP) is -0.157. The van der Waals surface area contributed by atoms with E-state index in [0.717, 1.165) is 11.7 Å². The Morgan fingerprint density at radius 3 is 2.86 bits per heavy atom. The largest absolute Gasteiger partial charge is 0.257 e. The molecule has 0 spiro atoms. The van der Waals surface area contributed by atoms with Crippen LogP contribution in [0.3, 0.4) is 0 Å². The van der Waals surface area contributed by atoms with Gasteiger partial charge in [0.2, 0.25) is 0 Å². The summed E-state index contributed by atoms with van der Waals surface area (Å²) < 4.78 is 30.6. The highest BCUT2D eigenvalue weighted by atomic mass is 32.2. The Hall–Kier alpha value is -1.09. The minimum Gasteiger partial charge on any atom is -0.257 e. The molecule has 0 atom stereocenters. The first-order chi connectivity index (χ1) is 6.65. The van der Waals surface area contributed by atoms with Gasteiger partial charge in [-0.3, -0.25) is 5.84 Å². The molecule has 0 aliphatic carbocycles. The Morgan fingerprint density at radius 2 is 2.14 bits per heavy atom. The van der Waals surface area contributed by atoms with Crippen molar-refractivity contribution in [2.45, 2.75) is 4.90 Å². The van der Waals surface area contributed by atoms with Crippen LogP contribution in [-0.2, 0) is 10.0 Å². The predicted molar refractivity (Wildman–Crippen MR) is 51.9 cm³/mol. The maximum absolute atomic E-state index is 11.4. The number of benzene rings is 1. The number of hydrogen-bond donors (Lipinski definition) is 2. The molecule has 0 aliphatic heterocycles. The van der Waals surface area contributed by atoms with Gasteiger partial charge in [0.1, 0.15) is 15.9 Å². The Morgan fingerprint density at radius 1 is 1.36 bits per heavy atom. The van der Waals surface area contributed by atoms with Crippen LogP contribution in [0.2, 0.25) is 0 Å². The molecule has 2 rings (SSSR count). The van der Waals surface area contributed by atoms with E-state index < -0.39 is 10.0 Å². The third-order valence-electron chi connectivity index (χ3n) is 1.69. The molecule has 3 N–H and O–H groups in total. The standard InChI is InChI=1S/C6H6N4O2S2/c7-10-14(11,12)5-3-1-2-4-6(5)9-13-8-4/h1-3,10H,7H2. The van der Waals surface area contributed by atoms with Crippen LogP contribution in [0.1, 0.15) is 0 Å². The number of hydrogen-bond acceptors (Lipinski definition) is 6. The van der Waals surface area contributed by atoms with Crippen LogP contribution in [-0.4, -0.2) is 17.2 Å². The second-order valence-corrected chi connectivity index (χ2v) is 4.72. The van der Waals surface area contributed by atoms with Gasteiger partial charge < -0.3 is 0 Å². The van der Waals surface area contributed by atoms with Crippen molar-refractivity contribution < 1.29 is 8.42 Å². The molecule has 1 aromatic heterocycles. The highest BCUT2D eigenvalue weighted by Crippen LogP contribution is 2.20. The lowest BCUT2D eigenvalue weighted by Crippen LogP contribution is -2.30. The van der Waals surface area contributed by atoms with Crippen LogP contribution < -0.4 is 10.7 Å². The van der Waals surface area contributed by atoms with E-state index >= 15 is 0 Å². The van der Waals surface area contributed by atoms with Crippen molar-refractivity contribution in [3.05, 3.63) is 18.2 Å². The normalized spacial score (nSPS) is 12.1. The van der Waals surface area contributed by atoms with Gasteiger partial charge in [0.15, 0.2) is 0 Å². The van der Waals surface area contributed by atoms with Gasteiger partial charge in [-0.15, -0.1) is 4.83 Å². The highest BCUT2D eigenvalue weighted by Gasteiger charge is 2.17. The summed E-state index contributed by atoms with van der Waals surface area (Å²) in [5.74, 6) is 4.92. The van der Waals surface area contributed by atoms with Crippen molar-refractivity contribution in [2.75, 3.05) is 0 Å². The molecule has 6 nitrogen and oxygen atoms in total. The summed E-state index contributed by atoms with van der Waals surface area (Å²) in [6.45, 7) is 0. The van der Waals surface area contributed by atoms with Gasteiger partial charge in [-0.1, -0.05) is 6.07 Å². The molecule has 14 heavy (non-hydrogen) atoms. The van der Waals surface area contributed by atoms with E-state index in [4.69, 9.17) is 5.84 Å². The third-order valence-corrected chi connectivity index (χ3v) is 3.45. The summed E-state index contributed by atoms with van der Waals surface area (Å²) in [7, 11) is -3.66. The van der Waals surface area contributed by atoms with Crippen LogP contribution >= 0.6 is 11.7 Å². The lowest BCUT2D eigenvalue weighted by atomic mass is 10.3. The Bertz CT molecular complexity index is 562. The molecule has 0 bridgehead atoms. The van der Waals surface area contributed by atoms with Gasteiger partial charge in [0.05, 0.1) is 11.7 Å². The number of fused-ring (bicyclic) bond motifs is 1. The molecule has 2 aromatic rings. The summed E-state index contributed by atoms with van der Waals surface area (Å²) in [6.07, 6.45) is 0. The lowest BCUT2D eigenvalue weighted by molar-refractivity contribution is 0.585. The fraction of sp³-hybridized carbons (Fsp3) is 0. The van der Waals surface area contributed by atoms with Gasteiger partial charge in [0.25, 0.3) is 10.0 Å². The van der Waals surface area contributed by atoms with E-state index in [9.17, 15) is 8.42 Å². The molecular weight excluding hydrogens is 224 g/mol. The van der Waals surface area contributed by atoms with Gasteiger partial charge in [-0.2, -0.15) is 8.75 Å². The first kappa shape index (κ1) is 9.46. The molecule has 1 heterocycles. The van der Waals surface area contributed by atoms with E-state index in [1.807, 2.05) is 0 Å². The summed E-state index contributed by atoms with van der Waals surface area (Å²) >= 11 is 0.961. The summed E-state index contributed by atoms with van der Waals surface area (Å²) in [5.41, 5.74) is 0.891. The van der Waals surface area contributed by atoms with Crippen LogP contribution in [0.5, 0.6) is 0 Å².